The number of ether oxygens (including phenoxy) is 2. The first-order valence-corrected chi connectivity index (χ1v) is 7.35. The van der Waals surface area contributed by atoms with E-state index in [2.05, 4.69) is 42.6 Å². The van der Waals surface area contributed by atoms with Gasteiger partial charge in [-0.05, 0) is 47.4 Å². The molecule has 0 radical (unpaired) electrons. The second-order valence-corrected chi connectivity index (χ2v) is 5.37. The fraction of sp³-hybridized carbons (Fsp3) is 0.333. The Hall–Kier alpha value is -1.84. The molecule has 1 unspecified atom stereocenters. The highest BCUT2D eigenvalue weighted by atomic mass is 16.5. The topological polar surface area (TPSA) is 30.5 Å². The van der Waals surface area contributed by atoms with Crippen LogP contribution in [0.15, 0.2) is 42.5 Å². The standard InChI is InChI=1S/C18H21NO2/c1-13-3-4-15(18-12-19-9-10-21-18)11-17(13)14-5-7-16(20-2)8-6-14/h3-8,11,18-19H,9-10,12H2,1-2H3. The second kappa shape index (κ2) is 6.29. The van der Waals surface area contributed by atoms with Crippen LogP contribution in [0.1, 0.15) is 17.2 Å². The third-order valence-corrected chi connectivity index (χ3v) is 3.96. The van der Waals surface area contributed by atoms with E-state index in [0.717, 1.165) is 25.4 Å². The number of rotatable bonds is 3. The zero-order valence-electron chi connectivity index (χ0n) is 12.6. The van der Waals surface area contributed by atoms with Gasteiger partial charge in [-0.2, -0.15) is 0 Å². The average molecular weight is 283 g/mol. The Labute approximate surface area is 125 Å². The highest BCUT2D eigenvalue weighted by Crippen LogP contribution is 2.29. The van der Waals surface area contributed by atoms with Gasteiger partial charge in [-0.25, -0.2) is 0 Å². The van der Waals surface area contributed by atoms with Crippen LogP contribution in [0, 0.1) is 6.92 Å². The van der Waals surface area contributed by atoms with Crippen LogP contribution in [-0.2, 0) is 4.74 Å². The Morgan fingerprint density at radius 3 is 2.62 bits per heavy atom. The Morgan fingerprint density at radius 2 is 1.95 bits per heavy atom. The first-order valence-electron chi connectivity index (χ1n) is 7.35. The summed E-state index contributed by atoms with van der Waals surface area (Å²) in [5.74, 6) is 0.882. The third kappa shape index (κ3) is 3.09. The second-order valence-electron chi connectivity index (χ2n) is 5.37. The molecule has 3 heteroatoms. The summed E-state index contributed by atoms with van der Waals surface area (Å²) < 4.78 is 11.1. The Kier molecular flexibility index (Phi) is 4.23. The molecule has 1 fully saturated rings. The lowest BCUT2D eigenvalue weighted by Gasteiger charge is -2.24. The van der Waals surface area contributed by atoms with Crippen LogP contribution in [0.25, 0.3) is 11.1 Å². The van der Waals surface area contributed by atoms with Gasteiger partial charge in [-0.3, -0.25) is 0 Å². The zero-order valence-corrected chi connectivity index (χ0v) is 12.6. The first kappa shape index (κ1) is 14.1. The van der Waals surface area contributed by atoms with Crippen molar-refractivity contribution < 1.29 is 9.47 Å². The van der Waals surface area contributed by atoms with Gasteiger partial charge in [0, 0.05) is 13.1 Å². The van der Waals surface area contributed by atoms with Gasteiger partial charge in [-0.15, -0.1) is 0 Å². The van der Waals surface area contributed by atoms with Gasteiger partial charge in [0.05, 0.1) is 19.8 Å². The Balaban J connectivity index is 1.92. The van der Waals surface area contributed by atoms with Crippen molar-refractivity contribution in [1.82, 2.24) is 5.32 Å². The molecule has 0 saturated carbocycles. The van der Waals surface area contributed by atoms with Crippen molar-refractivity contribution >= 4 is 0 Å². The summed E-state index contributed by atoms with van der Waals surface area (Å²) in [6.45, 7) is 4.73. The molecule has 1 aliphatic rings. The summed E-state index contributed by atoms with van der Waals surface area (Å²) in [7, 11) is 1.69. The number of hydrogen-bond acceptors (Lipinski definition) is 3. The van der Waals surface area contributed by atoms with E-state index < -0.39 is 0 Å². The molecular formula is C18H21NO2. The molecule has 1 aliphatic heterocycles. The van der Waals surface area contributed by atoms with Crippen molar-refractivity contribution in [1.29, 1.82) is 0 Å². The minimum Gasteiger partial charge on any atom is -0.497 e. The highest BCUT2D eigenvalue weighted by molar-refractivity contribution is 5.68. The molecule has 1 saturated heterocycles. The minimum atomic E-state index is 0.149. The lowest BCUT2D eigenvalue weighted by molar-refractivity contribution is 0.0277. The fourth-order valence-electron chi connectivity index (χ4n) is 2.70. The van der Waals surface area contributed by atoms with E-state index in [0.29, 0.717) is 0 Å². The molecule has 0 spiro atoms. The minimum absolute atomic E-state index is 0.149. The Bertz CT molecular complexity index is 601. The number of nitrogens with one attached hydrogen (secondary N) is 1. The molecule has 110 valence electrons. The van der Waals surface area contributed by atoms with Crippen LogP contribution in [0.3, 0.4) is 0 Å². The number of hydrogen-bond donors (Lipinski definition) is 1. The zero-order chi connectivity index (χ0) is 14.7. The maximum Gasteiger partial charge on any atom is 0.118 e. The molecule has 0 aliphatic carbocycles. The molecule has 0 amide bonds. The van der Waals surface area contributed by atoms with Crippen LogP contribution in [0.2, 0.25) is 0 Å². The molecule has 3 rings (SSSR count). The van der Waals surface area contributed by atoms with Gasteiger partial charge >= 0.3 is 0 Å². The summed E-state index contributed by atoms with van der Waals surface area (Å²) in [5, 5.41) is 3.38. The van der Waals surface area contributed by atoms with Crippen molar-refractivity contribution in [3.8, 4) is 16.9 Å². The smallest absolute Gasteiger partial charge is 0.118 e. The largest absolute Gasteiger partial charge is 0.497 e. The molecule has 3 nitrogen and oxygen atoms in total. The van der Waals surface area contributed by atoms with Crippen LogP contribution in [0.4, 0.5) is 0 Å². The third-order valence-electron chi connectivity index (χ3n) is 3.96. The number of methoxy groups -OCH3 is 1. The summed E-state index contributed by atoms with van der Waals surface area (Å²) in [4.78, 5) is 0. The van der Waals surface area contributed by atoms with E-state index in [1.807, 2.05) is 12.1 Å². The molecule has 0 bridgehead atoms. The van der Waals surface area contributed by atoms with Gasteiger partial charge in [0.25, 0.3) is 0 Å². The van der Waals surface area contributed by atoms with E-state index in [1.165, 1.54) is 22.3 Å². The van der Waals surface area contributed by atoms with E-state index in [-0.39, 0.29) is 6.10 Å². The normalized spacial score (nSPS) is 18.5. The van der Waals surface area contributed by atoms with Crippen LogP contribution < -0.4 is 10.1 Å². The number of aryl methyl sites for hydroxylation is 1. The van der Waals surface area contributed by atoms with Crippen molar-refractivity contribution in [2.75, 3.05) is 26.8 Å². The van der Waals surface area contributed by atoms with E-state index in [1.54, 1.807) is 7.11 Å². The van der Waals surface area contributed by atoms with Crippen LogP contribution in [0.5, 0.6) is 5.75 Å². The van der Waals surface area contributed by atoms with Crippen LogP contribution >= 0.6 is 0 Å². The van der Waals surface area contributed by atoms with Crippen molar-refractivity contribution in [3.05, 3.63) is 53.6 Å². The van der Waals surface area contributed by atoms with Gasteiger partial charge in [-0.1, -0.05) is 24.3 Å². The molecule has 21 heavy (non-hydrogen) atoms. The van der Waals surface area contributed by atoms with Gasteiger partial charge in [0.1, 0.15) is 5.75 Å². The molecule has 1 atom stereocenters. The predicted molar refractivity (Wildman–Crippen MR) is 84.7 cm³/mol. The number of benzene rings is 2. The molecule has 2 aromatic carbocycles. The highest BCUT2D eigenvalue weighted by Gasteiger charge is 2.16. The maximum absolute atomic E-state index is 5.85. The summed E-state index contributed by atoms with van der Waals surface area (Å²) in [6, 6.07) is 14.8. The Morgan fingerprint density at radius 1 is 1.14 bits per heavy atom. The molecule has 1 N–H and O–H groups in total. The monoisotopic (exact) mass is 283 g/mol. The van der Waals surface area contributed by atoms with Crippen molar-refractivity contribution in [2.24, 2.45) is 0 Å². The lowest BCUT2D eigenvalue weighted by Crippen LogP contribution is -2.33. The van der Waals surface area contributed by atoms with Crippen molar-refractivity contribution in [2.45, 2.75) is 13.0 Å². The van der Waals surface area contributed by atoms with Gasteiger partial charge < -0.3 is 14.8 Å². The van der Waals surface area contributed by atoms with Gasteiger partial charge in [0.15, 0.2) is 0 Å². The quantitative estimate of drug-likeness (QED) is 0.937. The number of morpholine rings is 1. The molecule has 1 heterocycles. The maximum atomic E-state index is 5.85. The van der Waals surface area contributed by atoms with Crippen LogP contribution in [-0.4, -0.2) is 26.8 Å². The van der Waals surface area contributed by atoms with E-state index in [4.69, 9.17) is 9.47 Å². The summed E-state index contributed by atoms with van der Waals surface area (Å²) in [5.41, 5.74) is 4.97. The molecule has 2 aromatic rings. The van der Waals surface area contributed by atoms with Gasteiger partial charge in [0.2, 0.25) is 0 Å². The van der Waals surface area contributed by atoms with Crippen molar-refractivity contribution in [3.63, 3.8) is 0 Å². The average Bonchev–Trinajstić information content (AvgIpc) is 2.56. The molecule has 0 aromatic heterocycles. The van der Waals surface area contributed by atoms with E-state index >= 15 is 0 Å². The SMILES string of the molecule is COc1ccc(-c2cc(C3CNCCO3)ccc2C)cc1. The lowest BCUT2D eigenvalue weighted by atomic mass is 9.96. The first-order chi connectivity index (χ1) is 10.3. The molecular weight excluding hydrogens is 262 g/mol. The van der Waals surface area contributed by atoms with E-state index in [9.17, 15) is 0 Å². The predicted octanol–water partition coefficient (Wildman–Crippen LogP) is 3.33. The fourth-order valence-corrected chi connectivity index (χ4v) is 2.70. The summed E-state index contributed by atoms with van der Waals surface area (Å²) >= 11 is 0. The summed E-state index contributed by atoms with van der Waals surface area (Å²) in [6.07, 6.45) is 0.149.